The van der Waals surface area contributed by atoms with Gasteiger partial charge < -0.3 is 4.90 Å². The first kappa shape index (κ1) is 25.5. The Morgan fingerprint density at radius 3 is 2.34 bits per heavy atom. The summed E-state index contributed by atoms with van der Waals surface area (Å²) in [5.41, 5.74) is 8.29. The van der Waals surface area contributed by atoms with Crippen molar-refractivity contribution in [3.8, 4) is 17.2 Å². The number of aryl methyl sites for hydroxylation is 4. The molecule has 5 aromatic rings. The van der Waals surface area contributed by atoms with Crippen LogP contribution in [0, 0.1) is 27.7 Å². The van der Waals surface area contributed by atoms with Gasteiger partial charge in [-0.25, -0.2) is 24.6 Å². The van der Waals surface area contributed by atoms with Gasteiger partial charge in [0.15, 0.2) is 11.6 Å². The number of fused-ring (bicyclic) bond motifs is 2. The highest BCUT2D eigenvalue weighted by Crippen LogP contribution is 2.35. The highest BCUT2D eigenvalue weighted by Gasteiger charge is 2.44. The highest BCUT2D eigenvalue weighted by molar-refractivity contribution is 5.57. The zero-order chi connectivity index (χ0) is 28.1. The van der Waals surface area contributed by atoms with Crippen LogP contribution >= 0.6 is 0 Å². The lowest BCUT2D eigenvalue weighted by Crippen LogP contribution is -2.68. The van der Waals surface area contributed by atoms with Gasteiger partial charge >= 0.3 is 0 Å². The smallest absolute Gasteiger partial charge is 0.161 e. The Hall–Kier alpha value is -4.44. The van der Waals surface area contributed by atoms with Gasteiger partial charge in [-0.15, -0.1) is 0 Å². The molecule has 2 atom stereocenters. The van der Waals surface area contributed by atoms with Crippen LogP contribution in [0.5, 0.6) is 0 Å². The second kappa shape index (κ2) is 10.2. The zero-order valence-electron chi connectivity index (χ0n) is 23.9. The summed E-state index contributed by atoms with van der Waals surface area (Å²) < 4.78 is 1.86. The average Bonchev–Trinajstić information content (AvgIpc) is 3.55. The van der Waals surface area contributed by atoms with Crippen LogP contribution in [0.15, 0.2) is 55.0 Å². The quantitative estimate of drug-likeness (QED) is 0.325. The maximum absolute atomic E-state index is 4.83. The van der Waals surface area contributed by atoms with Crippen LogP contribution in [-0.2, 0) is 13.0 Å². The van der Waals surface area contributed by atoms with Crippen LogP contribution in [-0.4, -0.2) is 70.0 Å². The number of pyridine rings is 2. The Labute approximate surface area is 239 Å². The number of piperidine rings is 1. The fourth-order valence-electron chi connectivity index (χ4n) is 5.96. The zero-order valence-corrected chi connectivity index (χ0v) is 23.9. The van der Waals surface area contributed by atoms with Crippen molar-refractivity contribution in [2.75, 3.05) is 18.0 Å². The Balaban J connectivity index is 0.987. The van der Waals surface area contributed by atoms with E-state index in [0.29, 0.717) is 24.3 Å². The van der Waals surface area contributed by atoms with E-state index in [1.807, 2.05) is 50.1 Å². The lowest BCUT2D eigenvalue weighted by Gasteiger charge is -2.56. The van der Waals surface area contributed by atoms with Crippen LogP contribution in [0.1, 0.15) is 46.0 Å². The van der Waals surface area contributed by atoms with Gasteiger partial charge in [-0.2, -0.15) is 10.2 Å². The predicted molar refractivity (Wildman–Crippen MR) is 157 cm³/mol. The van der Waals surface area contributed by atoms with Gasteiger partial charge in [-0.3, -0.25) is 10.00 Å². The summed E-state index contributed by atoms with van der Waals surface area (Å²) in [5, 5.41) is 11.9. The second-order valence-corrected chi connectivity index (χ2v) is 11.4. The molecule has 10 heteroatoms. The summed E-state index contributed by atoms with van der Waals surface area (Å²) in [5.74, 6) is 2.57. The van der Waals surface area contributed by atoms with Gasteiger partial charge in [0.2, 0.25) is 0 Å². The maximum atomic E-state index is 4.83. The van der Waals surface area contributed by atoms with E-state index < -0.39 is 0 Å². The van der Waals surface area contributed by atoms with Crippen molar-refractivity contribution in [1.29, 1.82) is 0 Å². The number of hydrogen-bond acceptors (Lipinski definition) is 8. The molecule has 41 heavy (non-hydrogen) atoms. The maximum Gasteiger partial charge on any atom is 0.161 e. The van der Waals surface area contributed by atoms with Crippen molar-refractivity contribution in [2.45, 2.75) is 59.2 Å². The van der Waals surface area contributed by atoms with E-state index >= 15 is 0 Å². The van der Waals surface area contributed by atoms with Crippen molar-refractivity contribution in [1.82, 2.24) is 44.8 Å². The molecule has 1 N–H and O–H groups in total. The molecule has 0 radical (unpaired) electrons. The lowest BCUT2D eigenvalue weighted by atomic mass is 9.87. The third-order valence-electron chi connectivity index (χ3n) is 8.26. The van der Waals surface area contributed by atoms with Gasteiger partial charge in [0, 0.05) is 73.7 Å². The van der Waals surface area contributed by atoms with E-state index in [-0.39, 0.29) is 0 Å². The summed E-state index contributed by atoms with van der Waals surface area (Å²) >= 11 is 0. The van der Waals surface area contributed by atoms with Crippen molar-refractivity contribution < 1.29 is 0 Å². The molecule has 208 valence electrons. The Morgan fingerprint density at radius 1 is 0.878 bits per heavy atom. The first-order valence-electron chi connectivity index (χ1n) is 14.2. The molecule has 5 aromatic heterocycles. The van der Waals surface area contributed by atoms with Crippen LogP contribution < -0.4 is 4.90 Å². The number of nitrogens with zero attached hydrogens (tertiary/aromatic N) is 9. The molecule has 3 saturated heterocycles. The van der Waals surface area contributed by atoms with Crippen molar-refractivity contribution in [3.63, 3.8) is 0 Å². The minimum atomic E-state index is 0.527. The van der Waals surface area contributed by atoms with E-state index in [0.717, 1.165) is 65.3 Å². The van der Waals surface area contributed by atoms with E-state index in [1.165, 1.54) is 17.5 Å². The number of H-pyrrole nitrogens is 1. The van der Waals surface area contributed by atoms with Gasteiger partial charge in [0.25, 0.3) is 0 Å². The first-order chi connectivity index (χ1) is 19.9. The molecule has 2 unspecified atom stereocenters. The molecule has 3 aliphatic rings. The molecule has 8 heterocycles. The summed E-state index contributed by atoms with van der Waals surface area (Å²) in [6.45, 7) is 11.0. The summed E-state index contributed by atoms with van der Waals surface area (Å²) in [4.78, 5) is 24.0. The molecular weight excluding hydrogens is 512 g/mol. The molecule has 8 rings (SSSR count). The fraction of sp³-hybridized carbons (Fsp3) is 0.355. The SMILES string of the molecule is Cc1cc(Cc2cc(C)[nH]n2)nc(-c2ccc(N3CC4CC(C3)N4Cc3ccc(-n4cc(C)c(C)n4)nc3)nc2)n1. The number of anilines is 1. The third kappa shape index (κ3) is 5.11. The second-order valence-electron chi connectivity index (χ2n) is 11.4. The molecule has 3 aliphatic heterocycles. The minimum absolute atomic E-state index is 0.527. The molecule has 3 fully saturated rings. The standard InChI is InChI=1S/C31H34N10/c1-19-15-41(38-22(19)4)30-7-5-23(13-32-30)16-40-27-12-28(40)18-39(17-27)29-8-6-24(14-33-29)31-34-20(2)9-25(35-31)11-26-10-21(3)36-37-26/h5-10,13-15,27-28H,11-12,16-18H2,1-4H3,(H,36,37). The molecule has 2 bridgehead atoms. The van der Waals surface area contributed by atoms with Gasteiger partial charge in [0.05, 0.1) is 17.1 Å². The summed E-state index contributed by atoms with van der Waals surface area (Å²) in [6.07, 6.45) is 7.83. The van der Waals surface area contributed by atoms with E-state index in [9.17, 15) is 0 Å². The number of aromatic amines is 1. The van der Waals surface area contributed by atoms with Crippen molar-refractivity contribution in [2.24, 2.45) is 0 Å². The minimum Gasteiger partial charge on any atom is -0.353 e. The number of rotatable bonds is 7. The number of hydrogen-bond donors (Lipinski definition) is 1. The third-order valence-corrected chi connectivity index (χ3v) is 8.26. The van der Waals surface area contributed by atoms with E-state index in [4.69, 9.17) is 9.97 Å². The van der Waals surface area contributed by atoms with Crippen molar-refractivity contribution in [3.05, 3.63) is 94.6 Å². The van der Waals surface area contributed by atoms with Crippen LogP contribution in [0.3, 0.4) is 0 Å². The largest absolute Gasteiger partial charge is 0.353 e. The first-order valence-corrected chi connectivity index (χ1v) is 14.2. The number of piperazine rings is 1. The van der Waals surface area contributed by atoms with Crippen LogP contribution in [0.2, 0.25) is 0 Å². The topological polar surface area (TPSA) is 105 Å². The van der Waals surface area contributed by atoms with E-state index in [2.05, 4.69) is 72.3 Å². The van der Waals surface area contributed by atoms with Crippen molar-refractivity contribution >= 4 is 5.82 Å². The van der Waals surface area contributed by atoms with E-state index in [1.54, 1.807) is 0 Å². The number of nitrogens with one attached hydrogen (secondary N) is 1. The lowest BCUT2D eigenvalue weighted by molar-refractivity contribution is -0.00875. The van der Waals surface area contributed by atoms with Gasteiger partial charge in [-0.05, 0) is 75.6 Å². The molecular formula is C31H34N10. The fourth-order valence-corrected chi connectivity index (χ4v) is 5.96. The highest BCUT2D eigenvalue weighted by atomic mass is 15.4. The molecule has 0 saturated carbocycles. The van der Waals surface area contributed by atoms with Crippen LogP contribution in [0.4, 0.5) is 5.82 Å². The molecule has 0 aliphatic carbocycles. The molecule has 0 amide bonds. The summed E-state index contributed by atoms with van der Waals surface area (Å²) in [7, 11) is 0. The Bertz CT molecular complexity index is 1650. The van der Waals surface area contributed by atoms with Gasteiger partial charge in [0.1, 0.15) is 5.82 Å². The average molecular weight is 547 g/mol. The van der Waals surface area contributed by atoms with Gasteiger partial charge in [-0.1, -0.05) is 6.07 Å². The predicted octanol–water partition coefficient (Wildman–Crippen LogP) is 4.13. The number of aromatic nitrogens is 8. The van der Waals surface area contributed by atoms with Crippen LogP contribution in [0.25, 0.3) is 17.2 Å². The normalized spacial score (nSPS) is 18.5. The molecule has 10 nitrogen and oxygen atoms in total. The molecule has 0 aromatic carbocycles. The Morgan fingerprint density at radius 2 is 1.68 bits per heavy atom. The summed E-state index contributed by atoms with van der Waals surface area (Å²) in [6, 6.07) is 13.6. The monoisotopic (exact) mass is 546 g/mol. The molecule has 0 spiro atoms. The Kier molecular flexibility index (Phi) is 6.34.